The van der Waals surface area contributed by atoms with Crippen molar-refractivity contribution >= 4 is 5.91 Å². The average Bonchev–Trinajstić information content (AvgIpc) is 2.38. The number of amides is 1. The lowest BCUT2D eigenvalue weighted by atomic mass is 10.3. The van der Waals surface area contributed by atoms with Crippen LogP contribution in [0.15, 0.2) is 18.3 Å². The second-order valence-electron chi connectivity index (χ2n) is 3.59. The SMILES string of the molecule is COCCOCCCNC(=O)c1ncccc1O. The van der Waals surface area contributed by atoms with Crippen LogP contribution in [-0.4, -0.2) is 49.5 Å². The van der Waals surface area contributed by atoms with E-state index in [1.54, 1.807) is 13.2 Å². The molecule has 0 aliphatic heterocycles. The first kappa shape index (κ1) is 14.4. The Morgan fingerprint density at radius 1 is 1.44 bits per heavy atom. The fraction of sp³-hybridized carbons (Fsp3) is 0.500. The third-order valence-electron chi connectivity index (χ3n) is 2.18. The molecular weight excluding hydrogens is 236 g/mol. The van der Waals surface area contributed by atoms with Gasteiger partial charge in [0.2, 0.25) is 0 Å². The molecule has 0 atom stereocenters. The molecule has 0 radical (unpaired) electrons. The molecule has 0 aliphatic rings. The summed E-state index contributed by atoms with van der Waals surface area (Å²) in [6.07, 6.45) is 2.16. The highest BCUT2D eigenvalue weighted by molar-refractivity contribution is 5.94. The first-order valence-corrected chi connectivity index (χ1v) is 5.74. The van der Waals surface area contributed by atoms with Crippen LogP contribution in [0.5, 0.6) is 5.75 Å². The fourth-order valence-electron chi connectivity index (χ4n) is 1.28. The molecule has 1 rings (SSSR count). The Morgan fingerprint density at radius 2 is 2.28 bits per heavy atom. The second kappa shape index (κ2) is 8.43. The summed E-state index contributed by atoms with van der Waals surface area (Å²) in [6, 6.07) is 2.99. The largest absolute Gasteiger partial charge is 0.505 e. The number of pyridine rings is 1. The van der Waals surface area contributed by atoms with Gasteiger partial charge < -0.3 is 19.9 Å². The predicted molar refractivity (Wildman–Crippen MR) is 65.5 cm³/mol. The van der Waals surface area contributed by atoms with Crippen LogP contribution >= 0.6 is 0 Å². The van der Waals surface area contributed by atoms with Crippen LogP contribution in [0.3, 0.4) is 0 Å². The number of nitrogens with one attached hydrogen (secondary N) is 1. The van der Waals surface area contributed by atoms with Crippen LogP contribution in [-0.2, 0) is 9.47 Å². The summed E-state index contributed by atoms with van der Waals surface area (Å²) >= 11 is 0. The fourth-order valence-corrected chi connectivity index (χ4v) is 1.28. The molecule has 6 heteroatoms. The molecule has 2 N–H and O–H groups in total. The van der Waals surface area contributed by atoms with Gasteiger partial charge in [-0.25, -0.2) is 4.98 Å². The number of carbonyl (C=O) groups excluding carboxylic acids is 1. The number of hydrogen-bond donors (Lipinski definition) is 2. The van der Waals surface area contributed by atoms with Crippen molar-refractivity contribution in [2.24, 2.45) is 0 Å². The van der Waals surface area contributed by atoms with Crippen LogP contribution in [0.25, 0.3) is 0 Å². The molecule has 0 aromatic carbocycles. The summed E-state index contributed by atoms with van der Waals surface area (Å²) < 4.78 is 10.1. The Kier molecular flexibility index (Phi) is 6.75. The van der Waals surface area contributed by atoms with Gasteiger partial charge in [-0.2, -0.15) is 0 Å². The molecule has 0 saturated heterocycles. The van der Waals surface area contributed by atoms with E-state index in [4.69, 9.17) is 9.47 Å². The second-order valence-corrected chi connectivity index (χ2v) is 3.59. The number of rotatable bonds is 8. The number of hydrogen-bond acceptors (Lipinski definition) is 5. The van der Waals surface area contributed by atoms with Gasteiger partial charge in [0.15, 0.2) is 5.69 Å². The average molecular weight is 254 g/mol. The van der Waals surface area contributed by atoms with Crippen LogP contribution in [0, 0.1) is 0 Å². The minimum absolute atomic E-state index is 0.0396. The van der Waals surface area contributed by atoms with Crippen LogP contribution < -0.4 is 5.32 Å². The first-order valence-electron chi connectivity index (χ1n) is 5.74. The van der Waals surface area contributed by atoms with Crippen molar-refractivity contribution < 1.29 is 19.4 Å². The van der Waals surface area contributed by atoms with Gasteiger partial charge in [0.1, 0.15) is 5.75 Å². The number of aromatic nitrogens is 1. The van der Waals surface area contributed by atoms with Crippen LogP contribution in [0.4, 0.5) is 0 Å². The summed E-state index contributed by atoms with van der Waals surface area (Å²) in [7, 11) is 1.61. The Balaban J connectivity index is 2.16. The zero-order valence-corrected chi connectivity index (χ0v) is 10.4. The third-order valence-corrected chi connectivity index (χ3v) is 2.18. The van der Waals surface area contributed by atoms with E-state index < -0.39 is 0 Å². The number of ether oxygens (including phenoxy) is 2. The predicted octanol–water partition coefficient (Wildman–Crippen LogP) is 0.570. The lowest BCUT2D eigenvalue weighted by molar-refractivity contribution is 0.0688. The Labute approximate surface area is 106 Å². The molecule has 1 aromatic heterocycles. The molecule has 1 amide bonds. The van der Waals surface area contributed by atoms with Crippen LogP contribution in [0.1, 0.15) is 16.9 Å². The summed E-state index contributed by atoms with van der Waals surface area (Å²) in [5.74, 6) is -0.503. The number of aromatic hydroxyl groups is 1. The zero-order valence-electron chi connectivity index (χ0n) is 10.4. The molecule has 18 heavy (non-hydrogen) atoms. The van der Waals surface area contributed by atoms with Crippen LogP contribution in [0.2, 0.25) is 0 Å². The van der Waals surface area contributed by atoms with E-state index in [2.05, 4.69) is 10.3 Å². The lowest BCUT2D eigenvalue weighted by Crippen LogP contribution is -2.26. The molecule has 0 unspecified atom stereocenters. The highest BCUT2D eigenvalue weighted by Gasteiger charge is 2.10. The van der Waals surface area contributed by atoms with Crippen molar-refractivity contribution in [3.8, 4) is 5.75 Å². The van der Waals surface area contributed by atoms with Gasteiger partial charge in [0.25, 0.3) is 5.91 Å². The van der Waals surface area contributed by atoms with E-state index in [0.29, 0.717) is 32.8 Å². The minimum atomic E-state index is -0.384. The van der Waals surface area contributed by atoms with E-state index >= 15 is 0 Å². The van der Waals surface area contributed by atoms with Gasteiger partial charge >= 0.3 is 0 Å². The van der Waals surface area contributed by atoms with Crippen molar-refractivity contribution in [3.05, 3.63) is 24.0 Å². The Bertz CT molecular complexity index is 371. The van der Waals surface area contributed by atoms with Gasteiger partial charge in [0.05, 0.1) is 13.2 Å². The topological polar surface area (TPSA) is 80.7 Å². The van der Waals surface area contributed by atoms with Crippen molar-refractivity contribution in [3.63, 3.8) is 0 Å². The molecular formula is C12H18N2O4. The highest BCUT2D eigenvalue weighted by Crippen LogP contribution is 2.11. The van der Waals surface area contributed by atoms with E-state index in [9.17, 15) is 9.90 Å². The molecule has 0 fully saturated rings. The van der Waals surface area contributed by atoms with Crippen molar-refractivity contribution in [2.45, 2.75) is 6.42 Å². The van der Waals surface area contributed by atoms with E-state index in [1.807, 2.05) is 0 Å². The van der Waals surface area contributed by atoms with Gasteiger partial charge in [0, 0.05) is 26.5 Å². The lowest BCUT2D eigenvalue weighted by Gasteiger charge is -2.06. The molecule has 0 bridgehead atoms. The normalized spacial score (nSPS) is 10.3. The maximum atomic E-state index is 11.6. The Morgan fingerprint density at radius 3 is 3.00 bits per heavy atom. The van der Waals surface area contributed by atoms with E-state index in [-0.39, 0.29) is 17.4 Å². The third kappa shape index (κ3) is 5.11. The van der Waals surface area contributed by atoms with Gasteiger partial charge in [-0.05, 0) is 18.6 Å². The highest BCUT2D eigenvalue weighted by atomic mass is 16.5. The summed E-state index contributed by atoms with van der Waals surface area (Å²) in [5, 5.41) is 12.1. The number of methoxy groups -OCH3 is 1. The Hall–Kier alpha value is -1.66. The molecule has 0 spiro atoms. The molecule has 0 aliphatic carbocycles. The monoisotopic (exact) mass is 254 g/mol. The standard InChI is InChI=1S/C12H18N2O4/c1-17-8-9-18-7-3-6-14-12(16)11-10(15)4-2-5-13-11/h2,4-5,15H,3,6-9H2,1H3,(H,14,16). The van der Waals surface area contributed by atoms with E-state index in [1.165, 1.54) is 12.3 Å². The van der Waals surface area contributed by atoms with Gasteiger partial charge in [-0.15, -0.1) is 0 Å². The molecule has 1 heterocycles. The summed E-state index contributed by atoms with van der Waals surface area (Å²) in [4.78, 5) is 15.4. The van der Waals surface area contributed by atoms with Crippen molar-refractivity contribution in [2.75, 3.05) is 33.5 Å². The first-order chi connectivity index (χ1) is 8.75. The number of nitrogens with zero attached hydrogens (tertiary/aromatic N) is 1. The maximum Gasteiger partial charge on any atom is 0.273 e. The smallest absolute Gasteiger partial charge is 0.273 e. The summed E-state index contributed by atoms with van der Waals surface area (Å²) in [5.41, 5.74) is 0.0396. The van der Waals surface area contributed by atoms with Gasteiger partial charge in [-0.3, -0.25) is 4.79 Å². The summed E-state index contributed by atoms with van der Waals surface area (Å²) in [6.45, 7) is 2.14. The maximum absolute atomic E-state index is 11.6. The minimum Gasteiger partial charge on any atom is -0.505 e. The van der Waals surface area contributed by atoms with E-state index in [0.717, 1.165) is 0 Å². The van der Waals surface area contributed by atoms with Crippen molar-refractivity contribution in [1.82, 2.24) is 10.3 Å². The quantitative estimate of drug-likeness (QED) is 0.663. The molecule has 100 valence electrons. The molecule has 6 nitrogen and oxygen atoms in total. The molecule has 1 aromatic rings. The van der Waals surface area contributed by atoms with Gasteiger partial charge in [-0.1, -0.05) is 0 Å². The van der Waals surface area contributed by atoms with Crippen molar-refractivity contribution in [1.29, 1.82) is 0 Å². The number of carbonyl (C=O) groups is 1. The molecule has 0 saturated carbocycles. The zero-order chi connectivity index (χ0) is 13.2.